The summed E-state index contributed by atoms with van der Waals surface area (Å²) in [6.45, 7) is 4.15. The molecule has 0 fully saturated rings. The van der Waals surface area contributed by atoms with Crippen LogP contribution in [0.4, 0.5) is 0 Å². The lowest BCUT2D eigenvalue weighted by Gasteiger charge is -2.11. The van der Waals surface area contributed by atoms with E-state index in [9.17, 15) is 0 Å². The van der Waals surface area contributed by atoms with Crippen LogP contribution >= 0.6 is 0 Å². The fourth-order valence-corrected chi connectivity index (χ4v) is 2.84. The number of pyridine rings is 1. The molecule has 0 aliphatic rings. The summed E-state index contributed by atoms with van der Waals surface area (Å²) in [5.74, 6) is 1.72. The third-order valence-corrected chi connectivity index (χ3v) is 4.17. The molecule has 1 heterocycles. The molecule has 3 heteroatoms. The first-order valence-electron chi connectivity index (χ1n) is 7.89. The molecule has 0 saturated heterocycles. The van der Waals surface area contributed by atoms with Crippen molar-refractivity contribution in [3.8, 4) is 34.0 Å². The Hall–Kier alpha value is -2.81. The van der Waals surface area contributed by atoms with Gasteiger partial charge in [-0.3, -0.25) is 0 Å². The number of nitrogens with zero attached hydrogens (tertiary/aromatic N) is 1. The largest absolute Gasteiger partial charge is 0.497 e. The number of hydrogen-bond acceptors (Lipinski definition) is 3. The minimum atomic E-state index is 0.860. The van der Waals surface area contributed by atoms with E-state index in [1.807, 2.05) is 42.5 Å². The lowest BCUT2D eigenvalue weighted by Crippen LogP contribution is -1.93. The Labute approximate surface area is 142 Å². The van der Waals surface area contributed by atoms with Gasteiger partial charge in [0.1, 0.15) is 11.5 Å². The number of ether oxygens (including phenoxy) is 2. The van der Waals surface area contributed by atoms with Crippen LogP contribution in [-0.2, 0) is 0 Å². The molecule has 0 saturated carbocycles. The highest BCUT2D eigenvalue weighted by atomic mass is 16.5. The van der Waals surface area contributed by atoms with Gasteiger partial charge < -0.3 is 9.47 Å². The summed E-state index contributed by atoms with van der Waals surface area (Å²) < 4.78 is 10.6. The first-order valence-corrected chi connectivity index (χ1v) is 7.89. The van der Waals surface area contributed by atoms with Gasteiger partial charge >= 0.3 is 0 Å². The van der Waals surface area contributed by atoms with Crippen LogP contribution in [-0.4, -0.2) is 19.2 Å². The third kappa shape index (κ3) is 3.11. The smallest absolute Gasteiger partial charge is 0.119 e. The van der Waals surface area contributed by atoms with Crippen molar-refractivity contribution in [2.45, 2.75) is 13.8 Å². The van der Waals surface area contributed by atoms with Crippen LogP contribution < -0.4 is 9.47 Å². The maximum Gasteiger partial charge on any atom is 0.119 e. The van der Waals surface area contributed by atoms with Gasteiger partial charge in [0.05, 0.1) is 25.6 Å². The monoisotopic (exact) mass is 319 g/mol. The van der Waals surface area contributed by atoms with E-state index < -0.39 is 0 Å². The quantitative estimate of drug-likeness (QED) is 0.674. The Morgan fingerprint density at radius 1 is 0.667 bits per heavy atom. The maximum absolute atomic E-state index is 5.28. The third-order valence-electron chi connectivity index (χ3n) is 4.17. The first-order chi connectivity index (χ1) is 11.6. The zero-order valence-corrected chi connectivity index (χ0v) is 14.5. The number of methoxy groups -OCH3 is 2. The standard InChI is InChI=1S/C21H21NO2/c1-14-12-16(23-3)8-10-18(14)20-6-5-7-21(22-20)19-11-9-17(24-4)13-15(19)2/h5-13H,1-4H3. The lowest BCUT2D eigenvalue weighted by molar-refractivity contribution is 0.414. The number of hydrogen-bond donors (Lipinski definition) is 0. The van der Waals surface area contributed by atoms with Gasteiger partial charge in [0.2, 0.25) is 0 Å². The maximum atomic E-state index is 5.28. The number of benzene rings is 2. The van der Waals surface area contributed by atoms with Crippen LogP contribution in [0, 0.1) is 13.8 Å². The molecule has 1 aromatic heterocycles. The van der Waals surface area contributed by atoms with Gasteiger partial charge in [0.25, 0.3) is 0 Å². The van der Waals surface area contributed by atoms with E-state index in [0.717, 1.165) is 45.1 Å². The van der Waals surface area contributed by atoms with Crippen molar-refractivity contribution < 1.29 is 9.47 Å². The fraction of sp³-hybridized carbons (Fsp3) is 0.190. The topological polar surface area (TPSA) is 31.4 Å². The van der Waals surface area contributed by atoms with E-state index in [4.69, 9.17) is 14.5 Å². The Balaban J connectivity index is 2.04. The van der Waals surface area contributed by atoms with Gasteiger partial charge in [-0.2, -0.15) is 0 Å². The highest BCUT2D eigenvalue weighted by Gasteiger charge is 2.09. The Kier molecular flexibility index (Phi) is 4.52. The van der Waals surface area contributed by atoms with Crippen LogP contribution in [0.1, 0.15) is 11.1 Å². The summed E-state index contributed by atoms with van der Waals surface area (Å²) in [4.78, 5) is 4.86. The molecule has 0 spiro atoms. The summed E-state index contributed by atoms with van der Waals surface area (Å²) in [6.07, 6.45) is 0. The SMILES string of the molecule is COc1ccc(-c2cccc(-c3ccc(OC)cc3C)n2)c(C)c1. The van der Waals surface area contributed by atoms with E-state index in [-0.39, 0.29) is 0 Å². The number of rotatable bonds is 4. The van der Waals surface area contributed by atoms with Crippen LogP contribution in [0.5, 0.6) is 11.5 Å². The number of aryl methyl sites for hydroxylation is 2. The molecule has 3 nitrogen and oxygen atoms in total. The molecule has 0 aliphatic carbocycles. The van der Waals surface area contributed by atoms with E-state index in [0.29, 0.717) is 0 Å². The fourth-order valence-electron chi connectivity index (χ4n) is 2.84. The summed E-state index contributed by atoms with van der Waals surface area (Å²) >= 11 is 0. The van der Waals surface area contributed by atoms with Crippen LogP contribution in [0.2, 0.25) is 0 Å². The Bertz CT molecular complexity index is 803. The molecular formula is C21H21NO2. The van der Waals surface area contributed by atoms with Crippen molar-refractivity contribution in [2.75, 3.05) is 14.2 Å². The molecule has 2 aromatic carbocycles. The van der Waals surface area contributed by atoms with Crippen molar-refractivity contribution >= 4 is 0 Å². The summed E-state index contributed by atoms with van der Waals surface area (Å²) in [7, 11) is 3.36. The second-order valence-electron chi connectivity index (χ2n) is 5.77. The van der Waals surface area contributed by atoms with Crippen molar-refractivity contribution in [2.24, 2.45) is 0 Å². The van der Waals surface area contributed by atoms with Gasteiger partial charge in [-0.25, -0.2) is 4.98 Å². The minimum Gasteiger partial charge on any atom is -0.497 e. The Morgan fingerprint density at radius 3 is 1.50 bits per heavy atom. The second-order valence-corrected chi connectivity index (χ2v) is 5.77. The molecular weight excluding hydrogens is 298 g/mol. The van der Waals surface area contributed by atoms with Crippen molar-refractivity contribution in [1.29, 1.82) is 0 Å². The molecule has 0 unspecified atom stereocenters. The van der Waals surface area contributed by atoms with Crippen LogP contribution in [0.3, 0.4) is 0 Å². The zero-order chi connectivity index (χ0) is 17.1. The van der Waals surface area contributed by atoms with Gasteiger partial charge in [-0.15, -0.1) is 0 Å². The molecule has 3 rings (SSSR count). The normalized spacial score (nSPS) is 10.5. The van der Waals surface area contributed by atoms with Gasteiger partial charge in [0.15, 0.2) is 0 Å². The van der Waals surface area contributed by atoms with Crippen molar-refractivity contribution in [3.05, 3.63) is 65.7 Å². The molecule has 0 amide bonds. The van der Waals surface area contributed by atoms with Crippen LogP contribution in [0.15, 0.2) is 54.6 Å². The minimum absolute atomic E-state index is 0.860. The summed E-state index contributed by atoms with van der Waals surface area (Å²) in [5.41, 5.74) is 6.44. The molecule has 0 atom stereocenters. The zero-order valence-electron chi connectivity index (χ0n) is 14.5. The van der Waals surface area contributed by atoms with Crippen molar-refractivity contribution in [3.63, 3.8) is 0 Å². The highest BCUT2D eigenvalue weighted by Crippen LogP contribution is 2.30. The molecule has 0 radical (unpaired) electrons. The van der Waals surface area contributed by atoms with Gasteiger partial charge in [0, 0.05) is 11.1 Å². The van der Waals surface area contributed by atoms with Gasteiger partial charge in [-0.1, -0.05) is 6.07 Å². The average Bonchev–Trinajstić information content (AvgIpc) is 2.61. The predicted molar refractivity (Wildman–Crippen MR) is 97.7 cm³/mol. The Morgan fingerprint density at radius 2 is 1.12 bits per heavy atom. The number of aromatic nitrogens is 1. The molecule has 3 aromatic rings. The summed E-state index contributed by atoms with van der Waals surface area (Å²) in [6, 6.07) is 18.2. The molecule has 122 valence electrons. The van der Waals surface area contributed by atoms with E-state index >= 15 is 0 Å². The van der Waals surface area contributed by atoms with E-state index in [2.05, 4.69) is 26.0 Å². The van der Waals surface area contributed by atoms with E-state index in [1.54, 1.807) is 14.2 Å². The molecule has 0 N–H and O–H groups in total. The summed E-state index contributed by atoms with van der Waals surface area (Å²) in [5, 5.41) is 0. The highest BCUT2D eigenvalue weighted by molar-refractivity contribution is 5.70. The molecule has 0 aliphatic heterocycles. The molecule has 24 heavy (non-hydrogen) atoms. The first kappa shape index (κ1) is 16.1. The molecule has 0 bridgehead atoms. The average molecular weight is 319 g/mol. The second kappa shape index (κ2) is 6.75. The van der Waals surface area contributed by atoms with Crippen LogP contribution in [0.25, 0.3) is 22.5 Å². The van der Waals surface area contributed by atoms with E-state index in [1.165, 1.54) is 0 Å². The lowest BCUT2D eigenvalue weighted by atomic mass is 10.0. The predicted octanol–water partition coefficient (Wildman–Crippen LogP) is 5.05. The van der Waals surface area contributed by atoms with Crippen molar-refractivity contribution in [1.82, 2.24) is 4.98 Å². The van der Waals surface area contributed by atoms with Gasteiger partial charge in [-0.05, 0) is 73.5 Å².